The van der Waals surface area contributed by atoms with E-state index in [4.69, 9.17) is 0 Å². The number of aryl methyl sites for hydroxylation is 1. The van der Waals surface area contributed by atoms with Gasteiger partial charge in [0.2, 0.25) is 10.0 Å². The fraction of sp³-hybridized carbons (Fsp3) is 0.400. The van der Waals surface area contributed by atoms with Gasteiger partial charge in [-0.2, -0.15) is 0 Å². The minimum atomic E-state index is -3.40. The maximum atomic E-state index is 11.9. The van der Waals surface area contributed by atoms with E-state index in [0.29, 0.717) is 17.5 Å². The highest BCUT2D eigenvalue weighted by Crippen LogP contribution is 2.24. The zero-order valence-electron chi connectivity index (χ0n) is 12.6. The molecule has 3 N–H and O–H groups in total. The van der Waals surface area contributed by atoms with Crippen molar-refractivity contribution in [2.45, 2.75) is 33.2 Å². The Hall–Kier alpha value is -1.86. The van der Waals surface area contributed by atoms with Crippen LogP contribution in [0.2, 0.25) is 0 Å². The van der Waals surface area contributed by atoms with Gasteiger partial charge in [0.15, 0.2) is 0 Å². The summed E-state index contributed by atoms with van der Waals surface area (Å²) in [4.78, 5) is 14.2. The van der Waals surface area contributed by atoms with Gasteiger partial charge in [-0.1, -0.05) is 25.0 Å². The summed E-state index contributed by atoms with van der Waals surface area (Å²) in [5.41, 5.74) is 2.16. The number of sulfonamides is 1. The molecule has 22 heavy (non-hydrogen) atoms. The van der Waals surface area contributed by atoms with Gasteiger partial charge in [-0.05, 0) is 25.5 Å². The molecule has 0 saturated carbocycles. The van der Waals surface area contributed by atoms with Crippen molar-refractivity contribution in [3.8, 4) is 0 Å². The summed E-state index contributed by atoms with van der Waals surface area (Å²) in [6.07, 6.45) is 1.36. The van der Waals surface area contributed by atoms with Crippen LogP contribution in [-0.4, -0.2) is 30.2 Å². The Balaban J connectivity index is 2.35. The molecule has 7 heteroatoms. The van der Waals surface area contributed by atoms with E-state index in [-0.39, 0.29) is 18.0 Å². The van der Waals surface area contributed by atoms with Crippen LogP contribution in [0.5, 0.6) is 0 Å². The molecule has 120 valence electrons. The van der Waals surface area contributed by atoms with Gasteiger partial charge in [0.25, 0.3) is 0 Å². The zero-order valence-corrected chi connectivity index (χ0v) is 13.5. The van der Waals surface area contributed by atoms with Crippen LogP contribution in [0.25, 0.3) is 10.9 Å². The van der Waals surface area contributed by atoms with E-state index in [1.54, 1.807) is 6.07 Å². The van der Waals surface area contributed by atoms with Gasteiger partial charge < -0.3 is 10.1 Å². The molecule has 0 unspecified atom stereocenters. The number of carbonyl (C=O) groups is 1. The van der Waals surface area contributed by atoms with Crippen molar-refractivity contribution in [1.29, 1.82) is 0 Å². The number of benzene rings is 1. The SMILES string of the molecule is CCCCS(=O)(=O)NCc1c(C(=O)O)[nH]c2ccc(C)cc12. The van der Waals surface area contributed by atoms with E-state index in [1.807, 2.05) is 26.0 Å². The highest BCUT2D eigenvalue weighted by atomic mass is 32.2. The standard InChI is InChI=1S/C15H20N2O4S/c1-3-4-7-22(20,21)16-9-12-11-8-10(2)5-6-13(11)17-14(12)15(18)19/h5-6,8,16-17H,3-4,7,9H2,1-2H3,(H,18,19). The Morgan fingerprint density at radius 2 is 2.09 bits per heavy atom. The van der Waals surface area contributed by atoms with E-state index in [1.165, 1.54) is 0 Å². The fourth-order valence-corrected chi connectivity index (χ4v) is 3.49. The van der Waals surface area contributed by atoms with E-state index in [0.717, 1.165) is 17.4 Å². The molecule has 1 aromatic heterocycles. The molecule has 2 aromatic rings. The third-order valence-corrected chi connectivity index (χ3v) is 4.92. The molecule has 0 aliphatic heterocycles. The summed E-state index contributed by atoms with van der Waals surface area (Å²) in [6, 6.07) is 5.53. The summed E-state index contributed by atoms with van der Waals surface area (Å²) in [6.45, 7) is 3.79. The average Bonchev–Trinajstić information content (AvgIpc) is 2.81. The van der Waals surface area contributed by atoms with Crippen molar-refractivity contribution in [3.05, 3.63) is 35.0 Å². The summed E-state index contributed by atoms with van der Waals surface area (Å²) >= 11 is 0. The molecule has 0 atom stereocenters. The molecule has 0 spiro atoms. The minimum absolute atomic E-state index is 0.0267. The average molecular weight is 324 g/mol. The van der Waals surface area contributed by atoms with Crippen molar-refractivity contribution in [2.75, 3.05) is 5.75 Å². The van der Waals surface area contributed by atoms with Crippen LogP contribution in [0.3, 0.4) is 0 Å². The van der Waals surface area contributed by atoms with E-state index in [9.17, 15) is 18.3 Å². The smallest absolute Gasteiger partial charge is 0.352 e. The molecule has 0 radical (unpaired) electrons. The zero-order chi connectivity index (χ0) is 16.3. The van der Waals surface area contributed by atoms with Crippen molar-refractivity contribution in [2.24, 2.45) is 0 Å². The number of fused-ring (bicyclic) bond motifs is 1. The van der Waals surface area contributed by atoms with Crippen molar-refractivity contribution >= 4 is 26.9 Å². The molecule has 0 aliphatic rings. The number of unbranched alkanes of at least 4 members (excludes halogenated alkanes) is 1. The lowest BCUT2D eigenvalue weighted by Gasteiger charge is -2.07. The minimum Gasteiger partial charge on any atom is -0.477 e. The Morgan fingerprint density at radius 3 is 2.73 bits per heavy atom. The van der Waals surface area contributed by atoms with Crippen LogP contribution in [0, 0.1) is 6.92 Å². The maximum Gasteiger partial charge on any atom is 0.352 e. The second-order valence-corrected chi connectivity index (χ2v) is 7.25. The number of hydrogen-bond donors (Lipinski definition) is 3. The molecule has 2 rings (SSSR count). The van der Waals surface area contributed by atoms with Gasteiger partial charge in [-0.25, -0.2) is 17.9 Å². The van der Waals surface area contributed by atoms with Crippen LogP contribution in [0.15, 0.2) is 18.2 Å². The van der Waals surface area contributed by atoms with Crippen LogP contribution < -0.4 is 4.72 Å². The molecule has 0 amide bonds. The van der Waals surface area contributed by atoms with E-state index >= 15 is 0 Å². The predicted molar refractivity (Wildman–Crippen MR) is 85.5 cm³/mol. The Kier molecular flexibility index (Phi) is 4.87. The first-order chi connectivity index (χ1) is 10.3. The molecule has 0 fully saturated rings. The van der Waals surface area contributed by atoms with Crippen LogP contribution in [0.4, 0.5) is 0 Å². The number of nitrogens with one attached hydrogen (secondary N) is 2. The highest BCUT2D eigenvalue weighted by Gasteiger charge is 2.19. The summed E-state index contributed by atoms with van der Waals surface area (Å²) < 4.78 is 26.3. The predicted octanol–water partition coefficient (Wildman–Crippen LogP) is 2.39. The van der Waals surface area contributed by atoms with Gasteiger partial charge in [-0.3, -0.25) is 0 Å². The van der Waals surface area contributed by atoms with Gasteiger partial charge in [0, 0.05) is 23.0 Å². The quantitative estimate of drug-likeness (QED) is 0.728. The molecule has 0 aliphatic carbocycles. The molecule has 0 saturated heterocycles. The third-order valence-electron chi connectivity index (χ3n) is 3.51. The summed E-state index contributed by atoms with van der Waals surface area (Å²) in [7, 11) is -3.40. The lowest BCUT2D eigenvalue weighted by Crippen LogP contribution is -2.26. The van der Waals surface area contributed by atoms with Gasteiger partial charge in [0.05, 0.1) is 5.75 Å². The number of aromatic amines is 1. The Bertz CT molecular complexity index is 793. The van der Waals surface area contributed by atoms with Crippen molar-refractivity contribution in [3.63, 3.8) is 0 Å². The Morgan fingerprint density at radius 1 is 1.36 bits per heavy atom. The van der Waals surface area contributed by atoms with Crippen molar-refractivity contribution in [1.82, 2.24) is 9.71 Å². The van der Waals surface area contributed by atoms with Gasteiger partial charge in [-0.15, -0.1) is 0 Å². The first-order valence-corrected chi connectivity index (χ1v) is 8.81. The summed E-state index contributed by atoms with van der Waals surface area (Å²) in [5, 5.41) is 10.0. The third kappa shape index (κ3) is 3.66. The second-order valence-electron chi connectivity index (χ2n) is 5.33. The van der Waals surface area contributed by atoms with E-state index in [2.05, 4.69) is 9.71 Å². The topological polar surface area (TPSA) is 99.3 Å². The number of rotatable bonds is 7. The first-order valence-electron chi connectivity index (χ1n) is 7.16. The van der Waals surface area contributed by atoms with Gasteiger partial charge >= 0.3 is 5.97 Å². The molecule has 1 aromatic carbocycles. The van der Waals surface area contributed by atoms with Gasteiger partial charge in [0.1, 0.15) is 5.69 Å². The number of carboxylic acids is 1. The monoisotopic (exact) mass is 324 g/mol. The van der Waals surface area contributed by atoms with Crippen LogP contribution in [-0.2, 0) is 16.6 Å². The molecular formula is C15H20N2O4S. The Labute approximate surface area is 129 Å². The van der Waals surface area contributed by atoms with Crippen LogP contribution in [0.1, 0.15) is 41.4 Å². The van der Waals surface area contributed by atoms with Crippen LogP contribution >= 0.6 is 0 Å². The maximum absolute atomic E-state index is 11.9. The largest absolute Gasteiger partial charge is 0.477 e. The normalized spacial score (nSPS) is 11.9. The molecule has 1 heterocycles. The lowest BCUT2D eigenvalue weighted by molar-refractivity contribution is 0.0690. The first kappa shape index (κ1) is 16.5. The number of H-pyrrole nitrogens is 1. The number of aromatic nitrogens is 1. The number of aromatic carboxylic acids is 1. The fourth-order valence-electron chi connectivity index (χ4n) is 2.32. The number of carboxylic acid groups (broad SMARTS) is 1. The number of hydrogen-bond acceptors (Lipinski definition) is 3. The van der Waals surface area contributed by atoms with E-state index < -0.39 is 16.0 Å². The van der Waals surface area contributed by atoms with Crippen molar-refractivity contribution < 1.29 is 18.3 Å². The molecule has 6 nitrogen and oxygen atoms in total. The summed E-state index contributed by atoms with van der Waals surface area (Å²) in [5.74, 6) is -1.05. The lowest BCUT2D eigenvalue weighted by atomic mass is 10.1. The highest BCUT2D eigenvalue weighted by molar-refractivity contribution is 7.89. The second kappa shape index (κ2) is 6.50. The molecular weight excluding hydrogens is 304 g/mol. The molecule has 0 bridgehead atoms.